The van der Waals surface area contributed by atoms with Crippen LogP contribution in [0.4, 0.5) is 0 Å². The Morgan fingerprint density at radius 1 is 1.30 bits per heavy atom. The molecule has 6 heteroatoms. The van der Waals surface area contributed by atoms with Gasteiger partial charge < -0.3 is 9.73 Å². The highest BCUT2D eigenvalue weighted by Crippen LogP contribution is 2.36. The zero-order chi connectivity index (χ0) is 19.0. The third-order valence-electron chi connectivity index (χ3n) is 4.57. The molecule has 1 aromatic carbocycles. The number of fused-ring (bicyclic) bond motifs is 3. The summed E-state index contributed by atoms with van der Waals surface area (Å²) in [4.78, 5) is 17.8. The number of nitrogens with one attached hydrogen (secondary N) is 1. The summed E-state index contributed by atoms with van der Waals surface area (Å²) in [6.07, 6.45) is 3.27. The molecule has 0 unspecified atom stereocenters. The van der Waals surface area contributed by atoms with Gasteiger partial charge in [-0.25, -0.2) is 4.98 Å². The zero-order valence-corrected chi connectivity index (χ0v) is 16.7. The molecule has 0 fully saturated rings. The summed E-state index contributed by atoms with van der Waals surface area (Å²) in [7, 11) is 0. The highest BCUT2D eigenvalue weighted by molar-refractivity contribution is 7.21. The van der Waals surface area contributed by atoms with Gasteiger partial charge in [-0.05, 0) is 50.6 Å². The molecule has 0 aliphatic heterocycles. The van der Waals surface area contributed by atoms with E-state index in [4.69, 9.17) is 16.0 Å². The van der Waals surface area contributed by atoms with E-state index in [1.54, 1.807) is 6.26 Å². The Labute approximate surface area is 166 Å². The largest absolute Gasteiger partial charge is 0.469 e. The van der Waals surface area contributed by atoms with E-state index in [1.807, 2.05) is 44.2 Å². The van der Waals surface area contributed by atoms with Gasteiger partial charge in [0.1, 0.15) is 10.9 Å². The number of halogens is 1. The van der Waals surface area contributed by atoms with Crippen LogP contribution in [-0.4, -0.2) is 16.9 Å². The highest BCUT2D eigenvalue weighted by atomic mass is 35.5. The second-order valence-corrected chi connectivity index (χ2v) is 8.18. The first-order valence-corrected chi connectivity index (χ1v) is 10.0. The number of nitrogens with zero attached hydrogens (tertiary/aromatic N) is 1. The molecule has 0 aliphatic carbocycles. The lowest BCUT2D eigenvalue weighted by atomic mass is 10.1. The Morgan fingerprint density at radius 3 is 2.93 bits per heavy atom. The van der Waals surface area contributed by atoms with Gasteiger partial charge in [-0.2, -0.15) is 0 Å². The number of thiophene rings is 1. The third-order valence-corrected chi connectivity index (χ3v) is 6.03. The molecule has 0 aliphatic rings. The van der Waals surface area contributed by atoms with E-state index in [-0.39, 0.29) is 11.9 Å². The van der Waals surface area contributed by atoms with E-state index in [2.05, 4.69) is 16.4 Å². The predicted molar refractivity (Wildman–Crippen MR) is 111 cm³/mol. The van der Waals surface area contributed by atoms with Crippen molar-refractivity contribution >= 4 is 49.8 Å². The Bertz CT molecular complexity index is 1120. The quantitative estimate of drug-likeness (QED) is 0.435. The van der Waals surface area contributed by atoms with Gasteiger partial charge in [0.25, 0.3) is 5.91 Å². The molecule has 27 heavy (non-hydrogen) atoms. The molecule has 4 nitrogen and oxygen atoms in total. The zero-order valence-electron chi connectivity index (χ0n) is 15.1. The summed E-state index contributed by atoms with van der Waals surface area (Å²) in [5.74, 6) is 0.845. The molecule has 4 rings (SSSR count). The summed E-state index contributed by atoms with van der Waals surface area (Å²) in [5, 5.41) is 5.36. The minimum Gasteiger partial charge on any atom is -0.469 e. The molecule has 0 saturated heterocycles. The standard InChI is InChI=1S/C21H19ClN2O2S/c1-12-5-8-17-15(10-12)19-16(20(22)24-17)11-18(27-19)21(25)23-13(2)6-7-14-4-3-9-26-14/h3-5,8-11,13H,6-7H2,1-2H3,(H,23,25)/t13-/m1/s1. The van der Waals surface area contributed by atoms with Crippen LogP contribution in [0.1, 0.15) is 34.3 Å². The van der Waals surface area contributed by atoms with Gasteiger partial charge in [0, 0.05) is 27.9 Å². The van der Waals surface area contributed by atoms with E-state index in [1.165, 1.54) is 11.3 Å². The maximum absolute atomic E-state index is 12.7. The van der Waals surface area contributed by atoms with Crippen LogP contribution in [0.15, 0.2) is 47.1 Å². The van der Waals surface area contributed by atoms with E-state index in [0.29, 0.717) is 10.0 Å². The van der Waals surface area contributed by atoms with E-state index in [0.717, 1.165) is 45.2 Å². The molecular formula is C21H19ClN2O2S. The van der Waals surface area contributed by atoms with Gasteiger partial charge in [-0.3, -0.25) is 4.79 Å². The van der Waals surface area contributed by atoms with Gasteiger partial charge in [0.2, 0.25) is 0 Å². The normalized spacial score (nSPS) is 12.6. The average molecular weight is 399 g/mol. The Hall–Kier alpha value is -2.37. The average Bonchev–Trinajstić information content (AvgIpc) is 3.31. The molecule has 0 radical (unpaired) electrons. The number of aryl methyl sites for hydroxylation is 2. The summed E-state index contributed by atoms with van der Waals surface area (Å²) in [5.41, 5.74) is 2.00. The first-order valence-electron chi connectivity index (χ1n) is 8.84. The lowest BCUT2D eigenvalue weighted by molar-refractivity contribution is 0.0942. The van der Waals surface area contributed by atoms with Crippen molar-refractivity contribution in [3.63, 3.8) is 0 Å². The SMILES string of the molecule is Cc1ccc2nc(Cl)c3cc(C(=O)N[C@H](C)CCc4ccco4)sc3c2c1. The first kappa shape index (κ1) is 18.0. The number of aromatic nitrogens is 1. The van der Waals surface area contributed by atoms with Crippen LogP contribution < -0.4 is 5.32 Å². The number of rotatable bonds is 5. The first-order chi connectivity index (χ1) is 13.0. The number of benzene rings is 1. The minimum absolute atomic E-state index is 0.0420. The highest BCUT2D eigenvalue weighted by Gasteiger charge is 2.17. The molecule has 0 saturated carbocycles. The van der Waals surface area contributed by atoms with Crippen LogP contribution >= 0.6 is 22.9 Å². The van der Waals surface area contributed by atoms with Gasteiger partial charge >= 0.3 is 0 Å². The van der Waals surface area contributed by atoms with Gasteiger partial charge in [0.15, 0.2) is 0 Å². The smallest absolute Gasteiger partial charge is 0.261 e. The van der Waals surface area contributed by atoms with Crippen LogP contribution in [0.2, 0.25) is 5.15 Å². The Kier molecular flexibility index (Phi) is 4.89. The molecule has 3 aromatic heterocycles. The Morgan fingerprint density at radius 2 is 2.15 bits per heavy atom. The number of carbonyl (C=O) groups excluding carboxylic acids is 1. The van der Waals surface area contributed by atoms with Crippen molar-refractivity contribution in [2.45, 2.75) is 32.7 Å². The second kappa shape index (κ2) is 7.33. The van der Waals surface area contributed by atoms with Crippen molar-refractivity contribution in [1.82, 2.24) is 10.3 Å². The number of hydrogen-bond donors (Lipinski definition) is 1. The number of hydrogen-bond acceptors (Lipinski definition) is 4. The van der Waals surface area contributed by atoms with Crippen LogP contribution in [0, 0.1) is 6.92 Å². The molecule has 0 bridgehead atoms. The fourth-order valence-electron chi connectivity index (χ4n) is 3.13. The topological polar surface area (TPSA) is 55.1 Å². The van der Waals surface area contributed by atoms with Crippen LogP contribution in [0.25, 0.3) is 21.0 Å². The van der Waals surface area contributed by atoms with Gasteiger partial charge in [0.05, 0.1) is 16.7 Å². The van der Waals surface area contributed by atoms with Gasteiger partial charge in [-0.1, -0.05) is 23.2 Å². The van der Waals surface area contributed by atoms with Crippen LogP contribution in [0.3, 0.4) is 0 Å². The fraction of sp³-hybridized carbons (Fsp3) is 0.238. The maximum atomic E-state index is 12.7. The molecule has 138 valence electrons. The van der Waals surface area contributed by atoms with E-state index < -0.39 is 0 Å². The molecule has 1 amide bonds. The monoisotopic (exact) mass is 398 g/mol. The predicted octanol–water partition coefficient (Wildman–Crippen LogP) is 5.76. The van der Waals surface area contributed by atoms with Crippen LogP contribution in [0.5, 0.6) is 0 Å². The minimum atomic E-state index is -0.0833. The van der Waals surface area contributed by atoms with Crippen molar-refractivity contribution in [3.05, 3.63) is 64.0 Å². The number of amides is 1. The van der Waals surface area contributed by atoms with Crippen molar-refractivity contribution in [2.24, 2.45) is 0 Å². The van der Waals surface area contributed by atoms with E-state index in [9.17, 15) is 4.79 Å². The molecular weight excluding hydrogens is 380 g/mol. The second-order valence-electron chi connectivity index (χ2n) is 6.77. The van der Waals surface area contributed by atoms with Gasteiger partial charge in [-0.15, -0.1) is 11.3 Å². The summed E-state index contributed by atoms with van der Waals surface area (Å²) in [6.45, 7) is 4.04. The van der Waals surface area contributed by atoms with Crippen molar-refractivity contribution in [1.29, 1.82) is 0 Å². The van der Waals surface area contributed by atoms with Crippen molar-refractivity contribution in [3.8, 4) is 0 Å². The Balaban J connectivity index is 1.57. The van der Waals surface area contributed by atoms with Crippen molar-refractivity contribution in [2.75, 3.05) is 0 Å². The third kappa shape index (κ3) is 3.70. The summed E-state index contributed by atoms with van der Waals surface area (Å²) in [6, 6.07) is 11.8. The lowest BCUT2D eigenvalue weighted by Gasteiger charge is -2.12. The lowest BCUT2D eigenvalue weighted by Crippen LogP contribution is -2.32. The molecule has 1 atom stereocenters. The van der Waals surface area contributed by atoms with Crippen molar-refractivity contribution < 1.29 is 9.21 Å². The maximum Gasteiger partial charge on any atom is 0.261 e. The fourth-order valence-corrected chi connectivity index (χ4v) is 4.52. The summed E-state index contributed by atoms with van der Waals surface area (Å²) < 4.78 is 6.35. The number of carbonyl (C=O) groups is 1. The molecule has 0 spiro atoms. The molecule has 4 aromatic rings. The van der Waals surface area contributed by atoms with E-state index >= 15 is 0 Å². The molecule has 3 heterocycles. The summed E-state index contributed by atoms with van der Waals surface area (Å²) >= 11 is 7.82. The number of furan rings is 1. The van der Waals surface area contributed by atoms with Crippen LogP contribution in [-0.2, 0) is 6.42 Å². The molecule has 1 N–H and O–H groups in total. The number of pyridine rings is 1.